The first-order valence-electron chi connectivity index (χ1n) is 9.13. The number of aromatic nitrogens is 1. The summed E-state index contributed by atoms with van der Waals surface area (Å²) in [7, 11) is 0. The number of likely N-dealkylation sites (N-methyl/N-ethyl adjacent to an activating group) is 1. The molecule has 1 fully saturated rings. The fraction of sp³-hybridized carbons (Fsp3) is 0.190. The van der Waals surface area contributed by atoms with Gasteiger partial charge in [-0.3, -0.25) is 19.3 Å². The molecule has 0 N–H and O–H groups in total. The van der Waals surface area contributed by atoms with Gasteiger partial charge in [0, 0.05) is 24.7 Å². The Balaban J connectivity index is 1.85. The molecule has 0 bridgehead atoms. The van der Waals surface area contributed by atoms with Crippen molar-refractivity contribution in [1.82, 2.24) is 9.88 Å². The molecule has 0 saturated carbocycles. The van der Waals surface area contributed by atoms with Crippen LogP contribution in [0.3, 0.4) is 0 Å². The van der Waals surface area contributed by atoms with Gasteiger partial charge >= 0.3 is 0 Å². The Morgan fingerprint density at radius 3 is 2.55 bits per heavy atom. The molecule has 4 rings (SSSR count). The standard InChI is InChI=1S/C21H18N4O3S/c1-4-24-20(28)18(29-21(24)23-16-11-7-8-12(2)22-16)17-14-9-5-6-10-15(14)25(13(3)26)19(17)27/h5-11H,4H2,1-3H3/b18-17-,23-21+. The van der Waals surface area contributed by atoms with Crippen LogP contribution >= 0.6 is 11.8 Å². The van der Waals surface area contributed by atoms with Crippen molar-refractivity contribution in [2.24, 2.45) is 4.99 Å². The van der Waals surface area contributed by atoms with Crippen LogP contribution < -0.4 is 4.90 Å². The number of fused-ring (bicyclic) bond motifs is 1. The maximum absolute atomic E-state index is 13.1. The van der Waals surface area contributed by atoms with Crippen LogP contribution in [0.2, 0.25) is 0 Å². The topological polar surface area (TPSA) is 82.9 Å². The number of rotatable bonds is 2. The molecule has 29 heavy (non-hydrogen) atoms. The van der Waals surface area contributed by atoms with Crippen LogP contribution in [0.15, 0.2) is 52.4 Å². The van der Waals surface area contributed by atoms with Crippen molar-refractivity contribution in [1.29, 1.82) is 0 Å². The van der Waals surface area contributed by atoms with Gasteiger partial charge in [0.05, 0.1) is 16.2 Å². The Kier molecular flexibility index (Phi) is 4.79. The predicted octanol–water partition coefficient (Wildman–Crippen LogP) is 3.28. The van der Waals surface area contributed by atoms with Crippen LogP contribution in [0.1, 0.15) is 25.1 Å². The summed E-state index contributed by atoms with van der Waals surface area (Å²) in [5.74, 6) is -0.680. The van der Waals surface area contributed by atoms with E-state index < -0.39 is 11.8 Å². The number of thioether (sulfide) groups is 1. The normalized spacial score (nSPS) is 20.0. The van der Waals surface area contributed by atoms with Crippen LogP contribution in [0.4, 0.5) is 11.5 Å². The van der Waals surface area contributed by atoms with Gasteiger partial charge in [-0.15, -0.1) is 0 Å². The molecule has 0 radical (unpaired) electrons. The minimum Gasteiger partial charge on any atom is -0.287 e. The van der Waals surface area contributed by atoms with Gasteiger partial charge in [0.25, 0.3) is 11.8 Å². The third-order valence-corrected chi connectivity index (χ3v) is 5.71. The number of benzene rings is 1. The second-order valence-corrected chi connectivity index (χ2v) is 7.54. The lowest BCUT2D eigenvalue weighted by Gasteiger charge is -2.12. The highest BCUT2D eigenvalue weighted by Gasteiger charge is 2.43. The van der Waals surface area contributed by atoms with Crippen molar-refractivity contribution < 1.29 is 14.4 Å². The summed E-state index contributed by atoms with van der Waals surface area (Å²) in [6, 6.07) is 12.5. The number of hydrogen-bond acceptors (Lipinski definition) is 6. The molecule has 2 aromatic rings. The lowest BCUT2D eigenvalue weighted by Crippen LogP contribution is -2.32. The van der Waals surface area contributed by atoms with Gasteiger partial charge in [-0.2, -0.15) is 0 Å². The summed E-state index contributed by atoms with van der Waals surface area (Å²) in [6.45, 7) is 5.45. The van der Waals surface area contributed by atoms with Crippen LogP contribution in [0.25, 0.3) is 5.57 Å². The molecule has 1 aromatic carbocycles. The zero-order chi connectivity index (χ0) is 20.7. The van der Waals surface area contributed by atoms with Crippen LogP contribution in [0, 0.1) is 6.92 Å². The Hall–Kier alpha value is -3.26. The van der Waals surface area contributed by atoms with E-state index in [2.05, 4.69) is 9.98 Å². The first kappa shape index (κ1) is 19.1. The van der Waals surface area contributed by atoms with Gasteiger partial charge in [-0.05, 0) is 43.8 Å². The number of pyridine rings is 1. The average Bonchev–Trinajstić information content (AvgIpc) is 3.14. The van der Waals surface area contributed by atoms with E-state index >= 15 is 0 Å². The molecule has 146 valence electrons. The van der Waals surface area contributed by atoms with E-state index in [4.69, 9.17) is 0 Å². The van der Waals surface area contributed by atoms with Crippen molar-refractivity contribution in [3.8, 4) is 0 Å². The van der Waals surface area contributed by atoms with Gasteiger partial charge in [0.15, 0.2) is 11.0 Å². The summed E-state index contributed by atoms with van der Waals surface area (Å²) >= 11 is 1.14. The maximum Gasteiger partial charge on any atom is 0.267 e. The number of para-hydroxylation sites is 1. The summed E-state index contributed by atoms with van der Waals surface area (Å²) in [6.07, 6.45) is 0. The van der Waals surface area contributed by atoms with E-state index in [-0.39, 0.29) is 16.4 Å². The number of aryl methyl sites for hydroxylation is 1. The van der Waals surface area contributed by atoms with E-state index in [0.717, 1.165) is 22.4 Å². The molecule has 1 saturated heterocycles. The van der Waals surface area contributed by atoms with Gasteiger partial charge < -0.3 is 0 Å². The highest BCUT2D eigenvalue weighted by Crippen LogP contribution is 2.44. The van der Waals surface area contributed by atoms with Crippen molar-refractivity contribution in [2.45, 2.75) is 20.8 Å². The molecule has 3 amide bonds. The Bertz CT molecular complexity index is 1120. The molecule has 2 aliphatic rings. The molecule has 0 atom stereocenters. The number of amidine groups is 1. The smallest absolute Gasteiger partial charge is 0.267 e. The lowest BCUT2D eigenvalue weighted by molar-refractivity contribution is -0.124. The molecule has 0 unspecified atom stereocenters. The number of carbonyl (C=O) groups excluding carboxylic acids is 3. The number of aliphatic imine (C=N–C) groups is 1. The molecule has 7 nitrogen and oxygen atoms in total. The van der Waals surface area contributed by atoms with Gasteiger partial charge in [-0.25, -0.2) is 14.9 Å². The zero-order valence-electron chi connectivity index (χ0n) is 16.2. The van der Waals surface area contributed by atoms with Crippen molar-refractivity contribution in [2.75, 3.05) is 11.4 Å². The zero-order valence-corrected chi connectivity index (χ0v) is 17.0. The first-order valence-corrected chi connectivity index (χ1v) is 9.94. The monoisotopic (exact) mass is 406 g/mol. The van der Waals surface area contributed by atoms with E-state index in [1.807, 2.05) is 26.0 Å². The van der Waals surface area contributed by atoms with Crippen LogP contribution in [-0.4, -0.2) is 39.3 Å². The molecule has 1 aromatic heterocycles. The van der Waals surface area contributed by atoms with E-state index in [1.165, 1.54) is 11.8 Å². The van der Waals surface area contributed by atoms with Crippen LogP contribution in [-0.2, 0) is 14.4 Å². The Morgan fingerprint density at radius 1 is 1.10 bits per heavy atom. The summed E-state index contributed by atoms with van der Waals surface area (Å²) in [4.78, 5) is 50.0. The van der Waals surface area contributed by atoms with E-state index in [1.54, 1.807) is 30.3 Å². The number of carbonyl (C=O) groups is 3. The largest absolute Gasteiger partial charge is 0.287 e. The van der Waals surface area contributed by atoms with E-state index in [0.29, 0.717) is 28.8 Å². The molecule has 3 heterocycles. The fourth-order valence-corrected chi connectivity index (χ4v) is 4.50. The number of imide groups is 1. The summed E-state index contributed by atoms with van der Waals surface area (Å²) in [5.41, 5.74) is 2.13. The minimum atomic E-state index is -0.486. The number of hydrogen-bond donors (Lipinski definition) is 0. The van der Waals surface area contributed by atoms with Gasteiger partial charge in [-0.1, -0.05) is 24.3 Å². The van der Waals surface area contributed by atoms with Crippen LogP contribution in [0.5, 0.6) is 0 Å². The van der Waals surface area contributed by atoms with Gasteiger partial charge in [0.2, 0.25) is 5.91 Å². The average molecular weight is 406 g/mol. The maximum atomic E-state index is 13.1. The van der Waals surface area contributed by atoms with Crippen molar-refractivity contribution in [3.05, 3.63) is 58.6 Å². The molecular formula is C21H18N4O3S. The summed E-state index contributed by atoms with van der Waals surface area (Å²) in [5, 5.41) is 0.463. The Morgan fingerprint density at radius 2 is 1.86 bits per heavy atom. The van der Waals surface area contributed by atoms with Crippen molar-refractivity contribution >= 4 is 51.7 Å². The molecule has 8 heteroatoms. The lowest BCUT2D eigenvalue weighted by atomic mass is 10.1. The molecule has 2 aliphatic heterocycles. The second-order valence-electron chi connectivity index (χ2n) is 6.56. The minimum absolute atomic E-state index is 0.242. The third-order valence-electron chi connectivity index (χ3n) is 4.64. The highest BCUT2D eigenvalue weighted by atomic mass is 32.2. The SMILES string of the molecule is CCN1C(=O)/C(=C2/C(=O)N(C(C)=O)c3ccccc32)S/C1=N/c1cccc(C)n1. The second kappa shape index (κ2) is 7.29. The molecule has 0 spiro atoms. The quantitative estimate of drug-likeness (QED) is 0.715. The number of anilines is 1. The molecular weight excluding hydrogens is 388 g/mol. The highest BCUT2D eigenvalue weighted by molar-refractivity contribution is 8.18. The molecule has 0 aliphatic carbocycles. The van der Waals surface area contributed by atoms with E-state index in [9.17, 15) is 14.4 Å². The van der Waals surface area contributed by atoms with Crippen molar-refractivity contribution in [3.63, 3.8) is 0 Å². The number of nitrogens with zero attached hydrogens (tertiary/aromatic N) is 4. The fourth-order valence-electron chi connectivity index (χ4n) is 3.36. The van der Waals surface area contributed by atoms with Gasteiger partial charge in [0.1, 0.15) is 0 Å². The Labute approximate surface area is 172 Å². The number of amides is 3. The third kappa shape index (κ3) is 3.15. The predicted molar refractivity (Wildman–Crippen MR) is 113 cm³/mol. The first-order chi connectivity index (χ1) is 13.9. The summed E-state index contributed by atoms with van der Waals surface area (Å²) < 4.78 is 0.